The molecule has 7 heteroatoms. The predicted octanol–water partition coefficient (Wildman–Crippen LogP) is 2.76. The number of carbonyl (C=O) groups excluding carboxylic acids is 2. The topological polar surface area (TPSA) is 76.7 Å². The molecule has 1 aliphatic carbocycles. The molecular weight excluding hydrogens is 463 g/mol. The summed E-state index contributed by atoms with van der Waals surface area (Å²) in [4.78, 5) is 26.4. The van der Waals surface area contributed by atoms with Gasteiger partial charge in [-0.05, 0) is 0 Å². The molecule has 0 aliphatic heterocycles. The minimum absolute atomic E-state index is 0.0165. The summed E-state index contributed by atoms with van der Waals surface area (Å²) in [5.74, 6) is -1.29. The SMILES string of the molecule is CCOC(=O)[C@@H]1C[C@@](C)([Se]c2ccccc2)C(=O)C[C@@]1(O)c1ccoc1[Si](C)(C)C. The summed E-state index contributed by atoms with van der Waals surface area (Å²) in [5, 5.41) is 12.6. The number of rotatable bonds is 6. The van der Waals surface area contributed by atoms with E-state index in [0.29, 0.717) is 5.56 Å². The molecule has 3 atom stereocenters. The van der Waals surface area contributed by atoms with Gasteiger partial charge in [0.15, 0.2) is 0 Å². The molecule has 0 bridgehead atoms. The van der Waals surface area contributed by atoms with Crippen LogP contribution in [0.4, 0.5) is 0 Å². The summed E-state index contributed by atoms with van der Waals surface area (Å²) in [6.07, 6.45) is 1.69. The molecule has 5 nitrogen and oxygen atoms in total. The van der Waals surface area contributed by atoms with Crippen molar-refractivity contribution in [3.63, 3.8) is 0 Å². The van der Waals surface area contributed by atoms with Gasteiger partial charge in [-0.15, -0.1) is 0 Å². The molecule has 162 valence electrons. The number of hydrogen-bond donors (Lipinski definition) is 1. The van der Waals surface area contributed by atoms with Gasteiger partial charge >= 0.3 is 185 Å². The van der Waals surface area contributed by atoms with Crippen LogP contribution in [0.15, 0.2) is 47.1 Å². The Hall–Kier alpha value is -1.66. The van der Waals surface area contributed by atoms with Crippen LogP contribution in [-0.4, -0.2) is 46.5 Å². The molecule has 0 unspecified atom stereocenters. The van der Waals surface area contributed by atoms with E-state index in [4.69, 9.17) is 9.15 Å². The van der Waals surface area contributed by atoms with Crippen LogP contribution in [0.3, 0.4) is 0 Å². The van der Waals surface area contributed by atoms with E-state index >= 15 is 0 Å². The van der Waals surface area contributed by atoms with Gasteiger partial charge in [-0.1, -0.05) is 0 Å². The first-order valence-corrected chi connectivity index (χ1v) is 15.5. The molecule has 0 spiro atoms. The first kappa shape index (κ1) is 23.0. The van der Waals surface area contributed by atoms with Gasteiger partial charge in [0.2, 0.25) is 0 Å². The van der Waals surface area contributed by atoms with Crippen molar-refractivity contribution in [2.75, 3.05) is 6.61 Å². The second kappa shape index (κ2) is 8.46. The molecular formula is C23H30O5SeSi. The Labute approximate surface area is 185 Å². The monoisotopic (exact) mass is 494 g/mol. The standard InChI is InChI=1S/C23H30O5SeSi/c1-6-27-20(25)18-14-22(2,29-16-10-8-7-9-11-16)19(24)15-23(18,26)17-12-13-28-21(17)30(3,4)5/h7-13,18,26H,6,14-15H2,1-5H3/t18-,22+,23+/m0/s1. The molecule has 1 aromatic heterocycles. The second-order valence-electron chi connectivity index (χ2n) is 9.09. The van der Waals surface area contributed by atoms with E-state index in [9.17, 15) is 14.7 Å². The van der Waals surface area contributed by atoms with Crippen molar-refractivity contribution in [2.45, 2.75) is 56.2 Å². The summed E-state index contributed by atoms with van der Waals surface area (Å²) in [7, 11) is -1.94. The third kappa shape index (κ3) is 4.35. The van der Waals surface area contributed by atoms with Gasteiger partial charge in [-0.2, -0.15) is 0 Å². The molecule has 0 amide bonds. The number of ether oxygens (including phenoxy) is 1. The van der Waals surface area contributed by atoms with Gasteiger partial charge in [0.25, 0.3) is 0 Å². The third-order valence-corrected chi connectivity index (χ3v) is 10.2. The Morgan fingerprint density at radius 2 is 1.93 bits per heavy atom. The maximum atomic E-state index is 13.4. The summed E-state index contributed by atoms with van der Waals surface area (Å²) in [6.45, 7) is 10.3. The number of aliphatic hydroxyl groups is 1. The molecule has 2 aromatic rings. The van der Waals surface area contributed by atoms with Crippen LogP contribution < -0.4 is 9.85 Å². The Morgan fingerprint density at radius 1 is 1.27 bits per heavy atom. The predicted molar refractivity (Wildman–Crippen MR) is 120 cm³/mol. The molecule has 0 saturated heterocycles. The fourth-order valence-electron chi connectivity index (χ4n) is 4.11. The van der Waals surface area contributed by atoms with E-state index in [1.807, 2.05) is 37.3 Å². The molecule has 1 saturated carbocycles. The quantitative estimate of drug-likeness (QED) is 0.495. The molecule has 1 heterocycles. The number of benzene rings is 1. The maximum absolute atomic E-state index is 13.4. The summed E-state index contributed by atoms with van der Waals surface area (Å²) in [6, 6.07) is 11.6. The average molecular weight is 494 g/mol. The molecule has 1 aromatic carbocycles. The Kier molecular flexibility index (Phi) is 6.49. The van der Waals surface area contributed by atoms with Crippen LogP contribution >= 0.6 is 0 Å². The van der Waals surface area contributed by atoms with Crippen LogP contribution in [0.25, 0.3) is 0 Å². The molecule has 30 heavy (non-hydrogen) atoms. The van der Waals surface area contributed by atoms with Gasteiger partial charge < -0.3 is 0 Å². The number of hydrogen-bond acceptors (Lipinski definition) is 5. The summed E-state index contributed by atoms with van der Waals surface area (Å²) >= 11 is -0.171. The zero-order valence-electron chi connectivity index (χ0n) is 18.2. The van der Waals surface area contributed by atoms with E-state index in [1.54, 1.807) is 19.3 Å². The molecule has 1 aliphatic rings. The molecule has 0 radical (unpaired) electrons. The van der Waals surface area contributed by atoms with E-state index in [-0.39, 0.29) is 40.2 Å². The summed E-state index contributed by atoms with van der Waals surface area (Å²) in [5.41, 5.74) is -1.04. The van der Waals surface area contributed by atoms with Crippen molar-refractivity contribution >= 4 is 44.6 Å². The van der Waals surface area contributed by atoms with E-state index in [1.165, 1.54) is 0 Å². The van der Waals surface area contributed by atoms with Crippen molar-refractivity contribution in [3.8, 4) is 0 Å². The Morgan fingerprint density at radius 3 is 2.53 bits per heavy atom. The van der Waals surface area contributed by atoms with Gasteiger partial charge in [0, 0.05) is 0 Å². The van der Waals surface area contributed by atoms with Crippen LogP contribution in [0.2, 0.25) is 24.0 Å². The first-order valence-electron chi connectivity index (χ1n) is 10.3. The third-order valence-electron chi connectivity index (χ3n) is 5.66. The van der Waals surface area contributed by atoms with Crippen LogP contribution in [0.5, 0.6) is 0 Å². The van der Waals surface area contributed by atoms with Crippen molar-refractivity contribution in [2.24, 2.45) is 5.92 Å². The molecule has 3 rings (SSSR count). The van der Waals surface area contributed by atoms with Gasteiger partial charge in [-0.25, -0.2) is 0 Å². The van der Waals surface area contributed by atoms with E-state index in [2.05, 4.69) is 19.6 Å². The number of esters is 1. The van der Waals surface area contributed by atoms with Crippen molar-refractivity contribution in [1.82, 2.24) is 0 Å². The van der Waals surface area contributed by atoms with Gasteiger partial charge in [0.05, 0.1) is 0 Å². The van der Waals surface area contributed by atoms with E-state index in [0.717, 1.165) is 9.85 Å². The average Bonchev–Trinajstić information content (AvgIpc) is 3.17. The van der Waals surface area contributed by atoms with Crippen molar-refractivity contribution < 1.29 is 23.8 Å². The molecule has 1 fully saturated rings. The van der Waals surface area contributed by atoms with E-state index < -0.39 is 29.9 Å². The minimum atomic E-state index is -1.94. The normalized spacial score (nSPS) is 27.1. The number of carbonyl (C=O) groups is 2. The number of ketones is 1. The zero-order chi connectivity index (χ0) is 22.2. The summed E-state index contributed by atoms with van der Waals surface area (Å²) < 4.78 is 11.5. The van der Waals surface area contributed by atoms with Gasteiger partial charge in [-0.3, -0.25) is 0 Å². The fraction of sp³-hybridized carbons (Fsp3) is 0.478. The Bertz CT molecular complexity index is 919. The van der Waals surface area contributed by atoms with Crippen molar-refractivity contribution in [1.29, 1.82) is 0 Å². The number of Topliss-reactive ketones (excluding diaryl/α,β-unsaturated/α-hetero) is 1. The number of furan rings is 1. The van der Waals surface area contributed by atoms with Crippen molar-refractivity contribution in [3.05, 3.63) is 48.2 Å². The van der Waals surface area contributed by atoms with Crippen LogP contribution in [-0.2, 0) is 19.9 Å². The fourth-order valence-corrected chi connectivity index (χ4v) is 8.26. The Balaban J connectivity index is 2.04. The van der Waals surface area contributed by atoms with Crippen LogP contribution in [0, 0.1) is 5.92 Å². The zero-order valence-corrected chi connectivity index (χ0v) is 20.9. The molecule has 1 N–H and O–H groups in total. The van der Waals surface area contributed by atoms with Gasteiger partial charge in [0.1, 0.15) is 0 Å². The second-order valence-corrected chi connectivity index (χ2v) is 17.4. The first-order chi connectivity index (χ1) is 14.0. The van der Waals surface area contributed by atoms with Crippen LogP contribution in [0.1, 0.15) is 32.3 Å².